The van der Waals surface area contributed by atoms with Crippen LogP contribution in [0.3, 0.4) is 0 Å². The van der Waals surface area contributed by atoms with Crippen molar-refractivity contribution < 1.29 is 14.3 Å². The summed E-state index contributed by atoms with van der Waals surface area (Å²) in [6.45, 7) is 3.78. The molecule has 24 heavy (non-hydrogen) atoms. The summed E-state index contributed by atoms with van der Waals surface area (Å²) in [6, 6.07) is 7.63. The predicted molar refractivity (Wildman–Crippen MR) is 88.1 cm³/mol. The molecule has 2 aliphatic heterocycles. The second kappa shape index (κ2) is 6.19. The molecule has 1 amide bonds. The molecule has 2 atom stereocenters. The molecule has 0 bridgehead atoms. The van der Waals surface area contributed by atoms with Gasteiger partial charge in [-0.05, 0) is 37.5 Å². The quantitative estimate of drug-likeness (QED) is 0.865. The molecular weight excluding hydrogens is 306 g/mol. The van der Waals surface area contributed by atoms with Crippen molar-refractivity contribution in [1.82, 2.24) is 14.7 Å². The number of nitrogens with zero attached hydrogens (tertiary/aromatic N) is 3. The number of likely N-dealkylation sites (tertiary alicyclic amines) is 1. The number of carbonyl (C=O) groups is 1. The van der Waals surface area contributed by atoms with Crippen molar-refractivity contribution in [2.24, 2.45) is 0 Å². The van der Waals surface area contributed by atoms with Crippen LogP contribution in [0.1, 0.15) is 18.4 Å². The van der Waals surface area contributed by atoms with Crippen LogP contribution in [0, 0.1) is 6.92 Å². The lowest BCUT2D eigenvalue weighted by Gasteiger charge is -2.31. The van der Waals surface area contributed by atoms with Gasteiger partial charge in [-0.25, -0.2) is 0 Å². The van der Waals surface area contributed by atoms with Crippen molar-refractivity contribution in [3.05, 3.63) is 42.2 Å². The van der Waals surface area contributed by atoms with Gasteiger partial charge in [0.25, 0.3) is 5.91 Å². The van der Waals surface area contributed by atoms with E-state index in [1.54, 1.807) is 0 Å². The summed E-state index contributed by atoms with van der Waals surface area (Å²) in [5.41, 5.74) is 1.13. The number of fused-ring (bicyclic) bond motifs is 1. The molecule has 0 saturated carbocycles. The molecule has 6 nitrogen and oxygen atoms in total. The summed E-state index contributed by atoms with van der Waals surface area (Å²) < 4.78 is 13.5. The molecule has 1 aromatic heterocycles. The molecule has 6 heteroatoms. The Morgan fingerprint density at radius 2 is 2.17 bits per heavy atom. The Kier molecular flexibility index (Phi) is 3.88. The van der Waals surface area contributed by atoms with Crippen LogP contribution in [0.25, 0.3) is 0 Å². The molecule has 4 rings (SSSR count). The molecule has 1 fully saturated rings. The SMILES string of the molecule is Cc1cnn(C[C@@H]2CCCN2C(=O)[C@H]2COc3ccccc3O2)c1. The van der Waals surface area contributed by atoms with Gasteiger partial charge in [0.05, 0.1) is 18.8 Å². The molecular formula is C18H21N3O3. The fourth-order valence-corrected chi connectivity index (χ4v) is 3.42. The normalized spacial score (nSPS) is 22.6. The van der Waals surface area contributed by atoms with Gasteiger partial charge in [0.2, 0.25) is 6.10 Å². The van der Waals surface area contributed by atoms with E-state index in [-0.39, 0.29) is 18.6 Å². The van der Waals surface area contributed by atoms with E-state index >= 15 is 0 Å². The van der Waals surface area contributed by atoms with Crippen molar-refractivity contribution in [2.45, 2.75) is 38.5 Å². The van der Waals surface area contributed by atoms with Crippen LogP contribution in [0.15, 0.2) is 36.7 Å². The molecule has 0 N–H and O–H groups in total. The van der Waals surface area contributed by atoms with Crippen LogP contribution in [0.4, 0.5) is 0 Å². The van der Waals surface area contributed by atoms with E-state index in [9.17, 15) is 4.79 Å². The van der Waals surface area contributed by atoms with Crippen molar-refractivity contribution >= 4 is 5.91 Å². The first-order chi connectivity index (χ1) is 11.7. The largest absolute Gasteiger partial charge is 0.485 e. The predicted octanol–water partition coefficient (Wildman–Crippen LogP) is 2.02. The molecule has 0 unspecified atom stereocenters. The average molecular weight is 327 g/mol. The third-order valence-corrected chi connectivity index (χ3v) is 4.60. The summed E-state index contributed by atoms with van der Waals surface area (Å²) in [6.07, 6.45) is 5.29. The minimum absolute atomic E-state index is 0.0101. The van der Waals surface area contributed by atoms with E-state index in [4.69, 9.17) is 9.47 Å². The van der Waals surface area contributed by atoms with Gasteiger partial charge < -0.3 is 14.4 Å². The monoisotopic (exact) mass is 327 g/mol. The van der Waals surface area contributed by atoms with Crippen molar-refractivity contribution in [1.29, 1.82) is 0 Å². The number of amides is 1. The summed E-state index contributed by atoms with van der Waals surface area (Å²) in [4.78, 5) is 14.8. The highest BCUT2D eigenvalue weighted by molar-refractivity contribution is 5.82. The van der Waals surface area contributed by atoms with Crippen molar-refractivity contribution in [3.8, 4) is 11.5 Å². The second-order valence-corrected chi connectivity index (χ2v) is 6.43. The van der Waals surface area contributed by atoms with Crippen molar-refractivity contribution in [2.75, 3.05) is 13.2 Å². The zero-order chi connectivity index (χ0) is 16.5. The first-order valence-corrected chi connectivity index (χ1v) is 8.39. The van der Waals surface area contributed by atoms with Gasteiger partial charge in [-0.15, -0.1) is 0 Å². The van der Waals surface area contributed by atoms with Crippen LogP contribution in [-0.4, -0.2) is 45.9 Å². The Bertz CT molecular complexity index is 743. The number of hydrogen-bond acceptors (Lipinski definition) is 4. The lowest BCUT2D eigenvalue weighted by atomic mass is 10.2. The van der Waals surface area contributed by atoms with E-state index in [0.717, 1.165) is 31.5 Å². The van der Waals surface area contributed by atoms with E-state index in [2.05, 4.69) is 5.10 Å². The number of ether oxygens (including phenoxy) is 2. The zero-order valence-electron chi connectivity index (χ0n) is 13.7. The highest BCUT2D eigenvalue weighted by Gasteiger charge is 2.36. The molecule has 2 aromatic rings. The smallest absolute Gasteiger partial charge is 0.267 e. The second-order valence-electron chi connectivity index (χ2n) is 6.43. The number of hydrogen-bond donors (Lipinski definition) is 0. The topological polar surface area (TPSA) is 56.6 Å². The Morgan fingerprint density at radius 3 is 2.96 bits per heavy atom. The van der Waals surface area contributed by atoms with Crippen LogP contribution in [0.2, 0.25) is 0 Å². The number of rotatable bonds is 3. The lowest BCUT2D eigenvalue weighted by molar-refractivity contribution is -0.142. The van der Waals surface area contributed by atoms with E-state index in [1.807, 2.05) is 53.2 Å². The maximum absolute atomic E-state index is 12.9. The number of carbonyl (C=O) groups excluding carboxylic acids is 1. The fraction of sp³-hybridized carbons (Fsp3) is 0.444. The molecule has 0 spiro atoms. The van der Waals surface area contributed by atoms with Gasteiger partial charge in [-0.2, -0.15) is 5.10 Å². The van der Waals surface area contributed by atoms with E-state index < -0.39 is 6.10 Å². The van der Waals surface area contributed by atoms with Gasteiger partial charge in [0, 0.05) is 12.7 Å². The third-order valence-electron chi connectivity index (χ3n) is 4.60. The van der Waals surface area contributed by atoms with Crippen LogP contribution < -0.4 is 9.47 Å². The Labute approximate surface area is 141 Å². The highest BCUT2D eigenvalue weighted by Crippen LogP contribution is 2.32. The summed E-state index contributed by atoms with van der Waals surface area (Å²) in [7, 11) is 0. The number of benzene rings is 1. The standard InChI is InChI=1S/C18H21N3O3/c1-13-9-19-20(10-13)11-14-5-4-8-21(14)18(22)17-12-23-15-6-2-3-7-16(15)24-17/h2-3,6-7,9-10,14,17H,4-5,8,11-12H2,1H3/t14-,17+/m0/s1. The van der Waals surface area contributed by atoms with Gasteiger partial charge in [-0.1, -0.05) is 12.1 Å². The summed E-state index contributed by atoms with van der Waals surface area (Å²) >= 11 is 0. The zero-order valence-corrected chi connectivity index (χ0v) is 13.7. The van der Waals surface area contributed by atoms with Crippen molar-refractivity contribution in [3.63, 3.8) is 0 Å². The van der Waals surface area contributed by atoms with Gasteiger partial charge in [0.1, 0.15) is 6.61 Å². The molecule has 3 heterocycles. The minimum Gasteiger partial charge on any atom is -0.485 e. The summed E-state index contributed by atoms with van der Waals surface area (Å²) in [5, 5.41) is 4.34. The molecule has 1 saturated heterocycles. The highest BCUT2D eigenvalue weighted by atomic mass is 16.6. The number of aromatic nitrogens is 2. The van der Waals surface area contributed by atoms with E-state index in [0.29, 0.717) is 11.5 Å². The lowest BCUT2D eigenvalue weighted by Crippen LogP contribution is -2.49. The number of para-hydroxylation sites is 2. The van der Waals surface area contributed by atoms with Crippen LogP contribution in [-0.2, 0) is 11.3 Å². The average Bonchev–Trinajstić information content (AvgIpc) is 3.23. The molecule has 0 radical (unpaired) electrons. The van der Waals surface area contributed by atoms with Crippen LogP contribution >= 0.6 is 0 Å². The molecule has 2 aliphatic rings. The fourth-order valence-electron chi connectivity index (χ4n) is 3.42. The molecule has 0 aliphatic carbocycles. The summed E-state index contributed by atoms with van der Waals surface area (Å²) in [5.74, 6) is 1.35. The number of aryl methyl sites for hydroxylation is 1. The maximum Gasteiger partial charge on any atom is 0.267 e. The van der Waals surface area contributed by atoms with Crippen LogP contribution in [0.5, 0.6) is 11.5 Å². The Balaban J connectivity index is 1.45. The maximum atomic E-state index is 12.9. The third kappa shape index (κ3) is 2.84. The van der Waals surface area contributed by atoms with Gasteiger partial charge >= 0.3 is 0 Å². The first-order valence-electron chi connectivity index (χ1n) is 8.39. The first kappa shape index (κ1) is 15.1. The minimum atomic E-state index is -0.570. The Hall–Kier alpha value is -2.50. The van der Waals surface area contributed by atoms with Gasteiger partial charge in [-0.3, -0.25) is 9.48 Å². The van der Waals surface area contributed by atoms with E-state index in [1.165, 1.54) is 0 Å². The molecule has 126 valence electrons. The Morgan fingerprint density at radius 1 is 1.33 bits per heavy atom. The van der Waals surface area contributed by atoms with Gasteiger partial charge in [0.15, 0.2) is 11.5 Å². The molecule has 1 aromatic carbocycles.